The van der Waals surface area contributed by atoms with E-state index in [0.29, 0.717) is 0 Å². The molecule has 15 heavy (non-hydrogen) atoms. The summed E-state index contributed by atoms with van der Waals surface area (Å²) in [5.41, 5.74) is 1.14. The van der Waals surface area contributed by atoms with E-state index in [-0.39, 0.29) is 0 Å². The van der Waals surface area contributed by atoms with Crippen LogP contribution in [-0.4, -0.2) is 23.8 Å². The van der Waals surface area contributed by atoms with Crippen molar-refractivity contribution in [2.75, 3.05) is 18.8 Å². The van der Waals surface area contributed by atoms with Gasteiger partial charge in [-0.05, 0) is 19.9 Å². The molecule has 0 saturated heterocycles. The van der Waals surface area contributed by atoms with Gasteiger partial charge >= 0.3 is 0 Å². The standard InChI is InChI=1S/C11H20N2S2/c1-3-4-5-6-12-7-8-14-11-13-10(2)9-15-11/h9,12H,3-8H2,1-2H3. The van der Waals surface area contributed by atoms with Crippen molar-refractivity contribution in [3.63, 3.8) is 0 Å². The van der Waals surface area contributed by atoms with Crippen LogP contribution in [0, 0.1) is 6.92 Å². The molecule has 0 bridgehead atoms. The summed E-state index contributed by atoms with van der Waals surface area (Å²) in [6.07, 6.45) is 3.94. The summed E-state index contributed by atoms with van der Waals surface area (Å²) < 4.78 is 1.20. The van der Waals surface area contributed by atoms with Crippen LogP contribution in [-0.2, 0) is 0 Å². The smallest absolute Gasteiger partial charge is 0.150 e. The Hall–Kier alpha value is -0.0600. The summed E-state index contributed by atoms with van der Waals surface area (Å²) in [7, 11) is 0. The topological polar surface area (TPSA) is 24.9 Å². The third kappa shape index (κ3) is 6.17. The lowest BCUT2D eigenvalue weighted by Crippen LogP contribution is -2.18. The van der Waals surface area contributed by atoms with Crippen molar-refractivity contribution in [2.45, 2.75) is 37.4 Å². The highest BCUT2D eigenvalue weighted by atomic mass is 32.2. The zero-order chi connectivity index (χ0) is 10.9. The van der Waals surface area contributed by atoms with Crippen molar-refractivity contribution in [1.29, 1.82) is 0 Å². The Morgan fingerprint density at radius 2 is 2.27 bits per heavy atom. The van der Waals surface area contributed by atoms with E-state index in [0.717, 1.165) is 24.5 Å². The van der Waals surface area contributed by atoms with Crippen LogP contribution in [0.5, 0.6) is 0 Å². The Kier molecular flexibility index (Phi) is 7.05. The third-order valence-electron chi connectivity index (χ3n) is 2.06. The van der Waals surface area contributed by atoms with Crippen molar-refractivity contribution in [1.82, 2.24) is 10.3 Å². The lowest BCUT2D eigenvalue weighted by molar-refractivity contribution is 0.636. The van der Waals surface area contributed by atoms with Crippen LogP contribution in [0.15, 0.2) is 9.72 Å². The van der Waals surface area contributed by atoms with Crippen molar-refractivity contribution < 1.29 is 0 Å². The van der Waals surface area contributed by atoms with Crippen LogP contribution in [0.1, 0.15) is 31.9 Å². The molecule has 0 saturated carbocycles. The zero-order valence-corrected chi connectivity index (χ0v) is 11.2. The van der Waals surface area contributed by atoms with Crippen LogP contribution < -0.4 is 5.32 Å². The van der Waals surface area contributed by atoms with Gasteiger partial charge in [0.2, 0.25) is 0 Å². The zero-order valence-electron chi connectivity index (χ0n) is 9.58. The van der Waals surface area contributed by atoms with Gasteiger partial charge in [-0.1, -0.05) is 31.5 Å². The monoisotopic (exact) mass is 244 g/mol. The molecule has 0 spiro atoms. The van der Waals surface area contributed by atoms with E-state index in [1.807, 2.05) is 18.7 Å². The van der Waals surface area contributed by atoms with Crippen LogP contribution in [0.2, 0.25) is 0 Å². The highest BCUT2D eigenvalue weighted by Crippen LogP contribution is 2.21. The van der Waals surface area contributed by atoms with E-state index >= 15 is 0 Å². The summed E-state index contributed by atoms with van der Waals surface area (Å²) >= 11 is 3.60. The molecule has 0 amide bonds. The minimum atomic E-state index is 1.09. The lowest BCUT2D eigenvalue weighted by Gasteiger charge is -2.02. The van der Waals surface area contributed by atoms with Gasteiger partial charge in [0, 0.05) is 23.4 Å². The molecule has 86 valence electrons. The quantitative estimate of drug-likeness (QED) is 0.561. The molecule has 0 aliphatic heterocycles. The molecule has 0 unspecified atom stereocenters. The molecule has 1 aromatic heterocycles. The fourth-order valence-electron chi connectivity index (χ4n) is 1.23. The van der Waals surface area contributed by atoms with Gasteiger partial charge in [-0.2, -0.15) is 0 Å². The van der Waals surface area contributed by atoms with E-state index in [4.69, 9.17) is 0 Å². The maximum Gasteiger partial charge on any atom is 0.150 e. The summed E-state index contributed by atoms with van der Waals surface area (Å²) in [4.78, 5) is 4.41. The largest absolute Gasteiger partial charge is 0.316 e. The molecule has 4 heteroatoms. The Labute approximate surface area is 101 Å². The highest BCUT2D eigenvalue weighted by molar-refractivity contribution is 8.01. The molecule has 0 radical (unpaired) electrons. The van der Waals surface area contributed by atoms with Crippen LogP contribution in [0.4, 0.5) is 0 Å². The number of nitrogens with zero attached hydrogens (tertiary/aromatic N) is 1. The van der Waals surface area contributed by atoms with E-state index < -0.39 is 0 Å². The van der Waals surface area contributed by atoms with Crippen molar-refractivity contribution in [3.05, 3.63) is 11.1 Å². The fraction of sp³-hybridized carbons (Fsp3) is 0.727. The summed E-state index contributed by atoms with van der Waals surface area (Å²) in [5, 5.41) is 5.56. The Balaban J connectivity index is 1.93. The van der Waals surface area contributed by atoms with Gasteiger partial charge in [-0.15, -0.1) is 11.3 Å². The number of hydrogen-bond donors (Lipinski definition) is 1. The van der Waals surface area contributed by atoms with E-state index in [9.17, 15) is 0 Å². The molecular formula is C11H20N2S2. The summed E-state index contributed by atoms with van der Waals surface area (Å²) in [5.74, 6) is 1.12. The summed E-state index contributed by atoms with van der Waals surface area (Å²) in [6, 6.07) is 0. The van der Waals surface area contributed by atoms with Gasteiger partial charge in [0.15, 0.2) is 0 Å². The molecule has 0 fully saturated rings. The predicted molar refractivity (Wildman–Crippen MR) is 70.0 cm³/mol. The second-order valence-corrected chi connectivity index (χ2v) is 5.76. The molecular weight excluding hydrogens is 224 g/mol. The lowest BCUT2D eigenvalue weighted by atomic mass is 10.2. The Morgan fingerprint density at radius 3 is 2.93 bits per heavy atom. The maximum atomic E-state index is 4.41. The van der Waals surface area contributed by atoms with Gasteiger partial charge in [0.05, 0.1) is 0 Å². The van der Waals surface area contributed by atoms with E-state index in [1.165, 1.54) is 23.6 Å². The SMILES string of the molecule is CCCCCNCCSc1nc(C)cs1. The molecule has 1 N–H and O–H groups in total. The highest BCUT2D eigenvalue weighted by Gasteiger charge is 1.98. The first-order valence-electron chi connectivity index (χ1n) is 5.58. The maximum absolute atomic E-state index is 4.41. The number of aryl methyl sites for hydroxylation is 1. The normalized spacial score (nSPS) is 10.8. The van der Waals surface area contributed by atoms with E-state index in [1.54, 1.807) is 11.3 Å². The first-order chi connectivity index (χ1) is 7.33. The van der Waals surface area contributed by atoms with Gasteiger partial charge in [-0.3, -0.25) is 0 Å². The van der Waals surface area contributed by atoms with Crippen LogP contribution >= 0.6 is 23.1 Å². The molecule has 1 heterocycles. The Morgan fingerprint density at radius 1 is 1.40 bits per heavy atom. The molecule has 0 aliphatic carbocycles. The average molecular weight is 244 g/mol. The Bertz CT molecular complexity index is 261. The van der Waals surface area contributed by atoms with E-state index in [2.05, 4.69) is 22.6 Å². The number of thiazole rings is 1. The van der Waals surface area contributed by atoms with Gasteiger partial charge in [0.25, 0.3) is 0 Å². The molecule has 2 nitrogen and oxygen atoms in total. The van der Waals surface area contributed by atoms with Gasteiger partial charge in [0.1, 0.15) is 4.34 Å². The second kappa shape index (κ2) is 8.13. The number of aromatic nitrogens is 1. The fourth-order valence-corrected chi connectivity index (χ4v) is 3.05. The van der Waals surface area contributed by atoms with Crippen LogP contribution in [0.25, 0.3) is 0 Å². The average Bonchev–Trinajstić information content (AvgIpc) is 2.63. The first kappa shape index (κ1) is 13.0. The predicted octanol–water partition coefficient (Wildman–Crippen LogP) is 3.32. The molecule has 1 aromatic rings. The number of thioether (sulfide) groups is 1. The number of rotatable bonds is 8. The minimum absolute atomic E-state index is 1.09. The number of unbranched alkanes of at least 4 members (excludes halogenated alkanes) is 2. The van der Waals surface area contributed by atoms with Crippen molar-refractivity contribution >= 4 is 23.1 Å². The van der Waals surface area contributed by atoms with Gasteiger partial charge in [-0.25, -0.2) is 4.98 Å². The summed E-state index contributed by atoms with van der Waals surface area (Å²) in [6.45, 7) is 6.53. The first-order valence-corrected chi connectivity index (χ1v) is 7.45. The molecule has 0 aliphatic rings. The third-order valence-corrected chi connectivity index (χ3v) is 4.20. The van der Waals surface area contributed by atoms with Crippen molar-refractivity contribution in [2.24, 2.45) is 0 Å². The second-order valence-electron chi connectivity index (χ2n) is 3.56. The molecule has 1 rings (SSSR count). The van der Waals surface area contributed by atoms with Crippen LogP contribution in [0.3, 0.4) is 0 Å². The number of hydrogen-bond acceptors (Lipinski definition) is 4. The molecule has 0 atom stereocenters. The van der Waals surface area contributed by atoms with Gasteiger partial charge < -0.3 is 5.32 Å². The number of nitrogens with one attached hydrogen (secondary N) is 1. The molecule has 0 aromatic carbocycles. The minimum Gasteiger partial charge on any atom is -0.316 e. The van der Waals surface area contributed by atoms with Crippen molar-refractivity contribution in [3.8, 4) is 0 Å².